The van der Waals surface area contributed by atoms with Crippen molar-refractivity contribution in [1.82, 2.24) is 14.7 Å². The van der Waals surface area contributed by atoms with Crippen LogP contribution in [-0.4, -0.2) is 151 Å². The number of rotatable bonds is 6. The van der Waals surface area contributed by atoms with Gasteiger partial charge in [-0.25, -0.2) is 0 Å². The van der Waals surface area contributed by atoms with Gasteiger partial charge >= 0.3 is 13.6 Å². The molecule has 1 aliphatic heterocycles. The molecular weight excluding hydrogens is 725 g/mol. The molecule has 0 aromatic heterocycles. The highest BCUT2D eigenvalue weighted by Crippen LogP contribution is 2.38. The monoisotopic (exact) mass is 812 g/mol. The van der Waals surface area contributed by atoms with Crippen LogP contribution < -0.4 is 0 Å². The van der Waals surface area contributed by atoms with E-state index >= 15 is 0 Å². The minimum atomic E-state index is -3.26. The number of ether oxygens (including phenoxy) is 2. The number of carbonyl (C=O) groups excluding carboxylic acids is 2. The lowest BCUT2D eigenvalue weighted by molar-refractivity contribution is -0.147. The predicted octanol–water partition coefficient (Wildman–Crippen LogP) is 6.07. The molecule has 330 valence electrons. The number of likely N-dealkylation sites (N-methyl/N-ethyl adjacent to an activating group) is 1. The van der Waals surface area contributed by atoms with Crippen molar-refractivity contribution in [2.75, 3.05) is 80.4 Å². The third-order valence-corrected chi connectivity index (χ3v) is 8.17. The molecule has 13 nitrogen and oxygen atoms in total. The first kappa shape index (κ1) is 57.9. The molecule has 14 heteroatoms. The Morgan fingerprint density at radius 1 is 0.836 bits per heavy atom. The molecule has 2 rings (SSSR count). The zero-order valence-electron chi connectivity index (χ0n) is 38.7. The molecule has 1 aliphatic carbocycles. The highest BCUT2D eigenvalue weighted by Gasteiger charge is 2.33. The maximum absolute atomic E-state index is 11.0. The third-order valence-electron chi connectivity index (χ3n) is 7.57. The van der Waals surface area contributed by atoms with Crippen molar-refractivity contribution >= 4 is 19.5 Å². The first-order chi connectivity index (χ1) is 24.3. The van der Waals surface area contributed by atoms with Crippen LogP contribution in [0.5, 0.6) is 0 Å². The Morgan fingerprint density at radius 3 is 1.55 bits per heavy atom. The normalized spacial score (nSPS) is 20.7. The summed E-state index contributed by atoms with van der Waals surface area (Å²) in [4.78, 5) is 36.5. The first-order valence-electron chi connectivity index (χ1n) is 19.3. The number of nitrogens with zero attached hydrogens (tertiary/aromatic N) is 3. The number of hydrogen-bond donors (Lipinski definition) is 4. The topological polar surface area (TPSA) is 170 Å². The Balaban J connectivity index is -0.000000618. The maximum atomic E-state index is 11.0. The van der Waals surface area contributed by atoms with E-state index in [2.05, 4.69) is 46.4 Å². The smallest absolute Gasteiger partial charge is 0.325 e. The molecule has 4 unspecified atom stereocenters. The average molecular weight is 812 g/mol. The van der Waals surface area contributed by atoms with Crippen LogP contribution in [0.2, 0.25) is 0 Å². The zero-order chi connectivity index (χ0) is 44.4. The molecular formula is C41H86N3O10P. The number of carbonyl (C=O) groups is 2. The summed E-state index contributed by atoms with van der Waals surface area (Å²) in [6, 6.07) is 0. The second-order valence-corrected chi connectivity index (χ2v) is 22.4. The van der Waals surface area contributed by atoms with Gasteiger partial charge in [0.1, 0.15) is 12.2 Å². The van der Waals surface area contributed by atoms with Crippen molar-refractivity contribution in [2.24, 2.45) is 21.7 Å². The van der Waals surface area contributed by atoms with E-state index < -0.39 is 25.9 Å². The van der Waals surface area contributed by atoms with Crippen LogP contribution in [0.4, 0.5) is 0 Å². The van der Waals surface area contributed by atoms with Gasteiger partial charge in [0.15, 0.2) is 0 Å². The zero-order valence-corrected chi connectivity index (χ0v) is 39.6. The van der Waals surface area contributed by atoms with Gasteiger partial charge < -0.3 is 39.1 Å². The molecule has 0 bridgehead atoms. The SMILES string of the molecule is CC(=O)N(C)CC(C)(C)C.CC(C)(C)C1=CC(O)C(O)C(O)C1.CC(C)(C)COP(C)(=O)O.CC(C)(C)N1CCOCC1.CN(C)CC(=O)OCC(C)(C)C. The lowest BCUT2D eigenvalue weighted by atomic mass is 9.78. The largest absolute Gasteiger partial charge is 0.464 e. The van der Waals surface area contributed by atoms with E-state index in [4.69, 9.17) is 18.9 Å². The predicted molar refractivity (Wildman–Crippen MR) is 225 cm³/mol. The van der Waals surface area contributed by atoms with Crippen molar-refractivity contribution in [1.29, 1.82) is 0 Å². The van der Waals surface area contributed by atoms with E-state index in [1.807, 2.05) is 83.5 Å². The Morgan fingerprint density at radius 2 is 1.29 bits per heavy atom. The van der Waals surface area contributed by atoms with E-state index in [0.29, 0.717) is 31.7 Å². The highest BCUT2D eigenvalue weighted by atomic mass is 31.2. The third kappa shape index (κ3) is 36.7. The Bertz CT molecular complexity index is 1150. The van der Waals surface area contributed by atoms with Crippen LogP contribution in [0.1, 0.15) is 117 Å². The molecule has 4 N–H and O–H groups in total. The number of morpholine rings is 1. The lowest BCUT2D eigenvalue weighted by Gasteiger charge is -2.38. The summed E-state index contributed by atoms with van der Waals surface area (Å²) in [6.45, 7) is 39.9. The lowest BCUT2D eigenvalue weighted by Crippen LogP contribution is -2.47. The van der Waals surface area contributed by atoms with Crippen LogP contribution in [0, 0.1) is 21.7 Å². The number of aliphatic hydroxyl groups excluding tert-OH is 3. The van der Waals surface area contributed by atoms with E-state index in [1.165, 1.54) is 6.66 Å². The van der Waals surface area contributed by atoms with Gasteiger partial charge in [-0.2, -0.15) is 0 Å². The number of hydrogen-bond acceptors (Lipinski definition) is 11. The summed E-state index contributed by atoms with van der Waals surface area (Å²) >= 11 is 0. The van der Waals surface area contributed by atoms with Gasteiger partial charge in [-0.1, -0.05) is 94.7 Å². The fourth-order valence-corrected chi connectivity index (χ4v) is 5.10. The number of esters is 1. The van der Waals surface area contributed by atoms with Gasteiger partial charge in [-0.3, -0.25) is 24.0 Å². The number of aliphatic hydroxyl groups is 3. The summed E-state index contributed by atoms with van der Waals surface area (Å²) in [5.41, 5.74) is 1.49. The van der Waals surface area contributed by atoms with Crippen LogP contribution >= 0.6 is 7.60 Å². The Labute approximate surface area is 336 Å². The standard InChI is InChI=1S/C10H18O3.C9H19NO2.2C8H17NO.C6H15O3P/c1-10(2,3)6-4-7(11)9(13)8(12)5-6;1-9(2,3)7-12-8(11)6-10(4)5;1-8(2,3)9-4-6-10-7-5-9;1-7(10)9(5)6-8(2,3)4;1-6(2,3)5-9-10(4,7)8/h4,7-9,11-13H,5H2,1-3H3;6-7H2,1-5H3;4-7H2,1-3H3;6H2,1-5H3;5H2,1-4H3,(H,7,8). The maximum Gasteiger partial charge on any atom is 0.325 e. The van der Waals surface area contributed by atoms with Crippen molar-refractivity contribution in [2.45, 2.75) is 141 Å². The van der Waals surface area contributed by atoms with Gasteiger partial charge in [-0.15, -0.1) is 0 Å². The van der Waals surface area contributed by atoms with Crippen LogP contribution in [-0.2, 0) is 28.2 Å². The fourth-order valence-electron chi connectivity index (χ4n) is 4.47. The molecule has 0 spiro atoms. The van der Waals surface area contributed by atoms with Crippen molar-refractivity contribution in [3.05, 3.63) is 11.6 Å². The van der Waals surface area contributed by atoms with E-state index in [-0.39, 0.29) is 33.5 Å². The van der Waals surface area contributed by atoms with Crippen LogP contribution in [0.3, 0.4) is 0 Å². The summed E-state index contributed by atoms with van der Waals surface area (Å²) in [7, 11) is 2.26. The van der Waals surface area contributed by atoms with E-state index in [9.17, 15) is 29.5 Å². The summed E-state index contributed by atoms with van der Waals surface area (Å²) < 4.78 is 25.6. The molecule has 0 aromatic carbocycles. The summed E-state index contributed by atoms with van der Waals surface area (Å²) in [6.07, 6.45) is -0.711. The Hall–Kier alpha value is -1.41. The van der Waals surface area contributed by atoms with Crippen molar-refractivity contribution in [3.8, 4) is 0 Å². The van der Waals surface area contributed by atoms with Gasteiger partial charge in [0.05, 0.1) is 39.1 Å². The molecule has 4 atom stereocenters. The second kappa shape index (κ2) is 25.2. The minimum absolute atomic E-state index is 0.0472. The van der Waals surface area contributed by atoms with Crippen molar-refractivity contribution < 1.29 is 48.4 Å². The molecule has 1 saturated heterocycles. The number of amides is 1. The Kier molecular flexibility index (Phi) is 26.5. The summed E-state index contributed by atoms with van der Waals surface area (Å²) in [5, 5.41) is 28.1. The molecule has 0 radical (unpaired) electrons. The quantitative estimate of drug-likeness (QED) is 0.139. The molecule has 1 heterocycles. The molecule has 1 fully saturated rings. The van der Waals surface area contributed by atoms with Gasteiger partial charge in [-0.05, 0) is 62.9 Å². The molecule has 0 aromatic rings. The van der Waals surface area contributed by atoms with Gasteiger partial charge in [0, 0.05) is 45.8 Å². The van der Waals surface area contributed by atoms with Crippen LogP contribution in [0.15, 0.2) is 11.6 Å². The molecule has 0 saturated carbocycles. The van der Waals surface area contributed by atoms with Crippen LogP contribution in [0.25, 0.3) is 0 Å². The molecule has 1 amide bonds. The van der Waals surface area contributed by atoms with E-state index in [0.717, 1.165) is 38.4 Å². The first-order valence-corrected chi connectivity index (χ1v) is 21.3. The molecule has 2 aliphatic rings. The van der Waals surface area contributed by atoms with E-state index in [1.54, 1.807) is 22.8 Å². The second-order valence-electron chi connectivity index (χ2n) is 20.5. The average Bonchev–Trinajstić information content (AvgIpc) is 2.96. The fraction of sp³-hybridized carbons (Fsp3) is 0.902. The van der Waals surface area contributed by atoms with Gasteiger partial charge in [0.25, 0.3) is 0 Å². The molecule has 55 heavy (non-hydrogen) atoms. The van der Waals surface area contributed by atoms with Crippen molar-refractivity contribution in [3.63, 3.8) is 0 Å². The minimum Gasteiger partial charge on any atom is -0.464 e. The van der Waals surface area contributed by atoms with Gasteiger partial charge in [0.2, 0.25) is 5.91 Å². The summed E-state index contributed by atoms with van der Waals surface area (Å²) in [5.74, 6) is -0.0233. The highest BCUT2D eigenvalue weighted by molar-refractivity contribution is 7.51.